The molecule has 5 rings (SSSR count). The van der Waals surface area contributed by atoms with Crippen LogP contribution in [0.3, 0.4) is 0 Å². The summed E-state index contributed by atoms with van der Waals surface area (Å²) in [6.07, 6.45) is 0. The minimum atomic E-state index is -4.64. The van der Waals surface area contributed by atoms with E-state index in [-0.39, 0.29) is 91.3 Å². The lowest BCUT2D eigenvalue weighted by Gasteiger charge is -2.21. The van der Waals surface area contributed by atoms with Crippen LogP contribution in [0.5, 0.6) is 0 Å². The molecule has 0 bridgehead atoms. The average Bonchev–Trinajstić information content (AvgIpc) is 3.14. The van der Waals surface area contributed by atoms with Crippen LogP contribution in [0, 0.1) is 0 Å². The van der Waals surface area contributed by atoms with E-state index in [4.69, 9.17) is 0 Å². The number of anilines is 9. The number of hydrogen-bond donors (Lipinski definition) is 11. The Morgan fingerprint density at radius 3 is 1.66 bits per heavy atom. The summed E-state index contributed by atoms with van der Waals surface area (Å²) in [5, 5.41) is 53.3. The molecular weight excluding hydrogens is 777 g/mol. The van der Waals surface area contributed by atoms with Gasteiger partial charge in [-0.1, -0.05) is 24.3 Å². The van der Waals surface area contributed by atoms with Gasteiger partial charge in [0.1, 0.15) is 4.90 Å². The Hall–Kier alpha value is -5.70. The van der Waals surface area contributed by atoms with Crippen molar-refractivity contribution in [3.8, 4) is 0 Å². The molecule has 0 spiro atoms. The maximum atomic E-state index is 12.0. The van der Waals surface area contributed by atoms with Gasteiger partial charge < -0.3 is 51.9 Å². The lowest BCUT2D eigenvalue weighted by atomic mass is 10.2. The molecule has 2 heterocycles. The van der Waals surface area contributed by atoms with E-state index in [2.05, 4.69) is 56.5 Å². The van der Waals surface area contributed by atoms with Gasteiger partial charge in [-0.2, -0.15) is 46.7 Å². The summed E-state index contributed by atoms with van der Waals surface area (Å²) >= 11 is 0. The number of benzene rings is 3. The predicted molar refractivity (Wildman–Crippen MR) is 203 cm³/mol. The first-order valence-electron chi connectivity index (χ1n) is 16.6. The van der Waals surface area contributed by atoms with Crippen molar-refractivity contribution in [3.05, 3.63) is 78.6 Å². The molecule has 0 aliphatic carbocycles. The zero-order valence-corrected chi connectivity index (χ0v) is 30.9. The molecule has 0 saturated heterocycles. The van der Waals surface area contributed by atoms with Crippen molar-refractivity contribution in [1.82, 2.24) is 35.2 Å². The lowest BCUT2D eigenvalue weighted by Crippen LogP contribution is -2.31. The smallest absolute Gasteiger partial charge is 0.296 e. The highest BCUT2D eigenvalue weighted by Gasteiger charge is 2.20. The second-order valence-electron chi connectivity index (χ2n) is 11.5. The molecule has 3 aromatic carbocycles. The van der Waals surface area contributed by atoms with Crippen LogP contribution in [-0.4, -0.2) is 122 Å². The molecule has 0 amide bonds. The number of aromatic nitrogens is 6. The van der Waals surface area contributed by atoms with Crippen LogP contribution in [0.1, 0.15) is 11.9 Å². The lowest BCUT2D eigenvalue weighted by molar-refractivity contribution is 0.223. The summed E-state index contributed by atoms with van der Waals surface area (Å²) in [5.41, 5.74) is 1.01. The summed E-state index contributed by atoms with van der Waals surface area (Å²) < 4.78 is 66.7. The number of nitrogens with one attached hydrogen (secondary N) is 5. The first kappa shape index (κ1) is 41.5. The van der Waals surface area contributed by atoms with Crippen LogP contribution < -0.4 is 31.5 Å². The highest BCUT2D eigenvalue weighted by atomic mass is 32.2. The van der Waals surface area contributed by atoms with E-state index in [1.807, 2.05) is 0 Å². The molecule has 0 aliphatic rings. The van der Waals surface area contributed by atoms with Crippen molar-refractivity contribution < 1.29 is 46.4 Å². The third kappa shape index (κ3) is 11.4. The minimum Gasteiger partial charge on any atom is -0.395 e. The zero-order chi connectivity index (χ0) is 40.3. The highest BCUT2D eigenvalue weighted by Crippen LogP contribution is 2.27. The van der Waals surface area contributed by atoms with Gasteiger partial charge in [0.05, 0.1) is 43.1 Å². The quantitative estimate of drug-likeness (QED) is 0.0487. The largest absolute Gasteiger partial charge is 0.395 e. The number of aliphatic hydroxyl groups excluding tert-OH is 4. The van der Waals surface area contributed by atoms with Crippen LogP contribution in [-0.2, 0) is 20.2 Å². The molecule has 298 valence electrons. The third-order valence-corrected chi connectivity index (χ3v) is 9.23. The van der Waals surface area contributed by atoms with Crippen LogP contribution in [0.25, 0.3) is 0 Å². The Labute approximate surface area is 320 Å². The molecule has 1 unspecified atom stereocenters. The third-order valence-electron chi connectivity index (χ3n) is 7.47. The first-order chi connectivity index (χ1) is 26.8. The second-order valence-corrected chi connectivity index (χ2v) is 14.3. The predicted octanol–water partition coefficient (Wildman–Crippen LogP) is 0.931. The molecular formula is C32H38N12O10S2. The zero-order valence-electron chi connectivity index (χ0n) is 29.2. The molecule has 5 aromatic rings. The van der Waals surface area contributed by atoms with Gasteiger partial charge in [0.2, 0.25) is 29.7 Å². The standard InChI is InChI=1S/C32H38N12O10S2/c45-14-11-33-25(19-48)27-38-28(40-31(39-27)37-24-9-1-2-10-26(24)56(52,53)54)34-20-5-3-6-21(17-20)35-29-41-30(43-32(42-29)44(12-15-46)13-16-47)36-22-7-4-8-23(18-22)55(49,50)51/h1-10,17-18,25,33,45-48H,11-16,19H2,(H,49,50,51)(H,52,53,54)(H2,34,37,38,39,40)(H2,35,36,41,42,43). The van der Waals surface area contributed by atoms with E-state index < -0.39 is 37.8 Å². The monoisotopic (exact) mass is 814 g/mol. The number of hydrogen-bond acceptors (Lipinski definition) is 20. The summed E-state index contributed by atoms with van der Waals surface area (Å²) in [7, 11) is -9.15. The highest BCUT2D eigenvalue weighted by molar-refractivity contribution is 7.86. The van der Waals surface area contributed by atoms with E-state index in [1.165, 1.54) is 53.4 Å². The van der Waals surface area contributed by atoms with Gasteiger partial charge in [-0.15, -0.1) is 0 Å². The molecule has 1 atom stereocenters. The maximum absolute atomic E-state index is 12.0. The van der Waals surface area contributed by atoms with Gasteiger partial charge >= 0.3 is 0 Å². The molecule has 56 heavy (non-hydrogen) atoms. The minimum absolute atomic E-state index is 0.00589. The normalized spacial score (nSPS) is 12.2. The Balaban J connectivity index is 1.47. The van der Waals surface area contributed by atoms with Gasteiger partial charge in [0, 0.05) is 36.7 Å². The van der Waals surface area contributed by atoms with E-state index in [0.717, 1.165) is 0 Å². The Kier molecular flexibility index (Phi) is 13.9. The number of rotatable bonds is 20. The van der Waals surface area contributed by atoms with Crippen LogP contribution in [0.4, 0.5) is 52.5 Å². The first-order valence-corrected chi connectivity index (χ1v) is 19.4. The molecule has 2 aromatic heterocycles. The van der Waals surface area contributed by atoms with Gasteiger partial charge in [-0.25, -0.2) is 0 Å². The summed E-state index contributed by atoms with van der Waals surface area (Å²) in [6.45, 7) is -1.11. The Morgan fingerprint density at radius 1 is 0.589 bits per heavy atom. The summed E-state index contributed by atoms with van der Waals surface area (Å²) in [6, 6.07) is 16.6. The van der Waals surface area contributed by atoms with Crippen LogP contribution in [0.15, 0.2) is 82.6 Å². The van der Waals surface area contributed by atoms with Crippen molar-refractivity contribution in [1.29, 1.82) is 0 Å². The molecule has 11 N–H and O–H groups in total. The van der Waals surface area contributed by atoms with Crippen molar-refractivity contribution in [3.63, 3.8) is 0 Å². The van der Waals surface area contributed by atoms with Gasteiger partial charge in [0.15, 0.2) is 5.82 Å². The van der Waals surface area contributed by atoms with E-state index in [9.17, 15) is 46.4 Å². The van der Waals surface area contributed by atoms with Crippen molar-refractivity contribution >= 4 is 72.7 Å². The topological polar surface area (TPSA) is 330 Å². The van der Waals surface area contributed by atoms with Crippen molar-refractivity contribution in [2.75, 3.05) is 72.2 Å². The molecule has 22 nitrogen and oxygen atoms in total. The van der Waals surface area contributed by atoms with Crippen molar-refractivity contribution in [2.24, 2.45) is 0 Å². The summed E-state index contributed by atoms with van der Waals surface area (Å²) in [4.78, 5) is 27.0. The Morgan fingerprint density at radius 2 is 1.12 bits per heavy atom. The van der Waals surface area contributed by atoms with Crippen LogP contribution in [0.2, 0.25) is 0 Å². The number of para-hydroxylation sites is 1. The fourth-order valence-electron chi connectivity index (χ4n) is 5.02. The molecule has 0 fully saturated rings. The fourth-order valence-corrected chi connectivity index (χ4v) is 6.19. The fraction of sp³-hybridized carbons (Fsp3) is 0.250. The van der Waals surface area contributed by atoms with Crippen LogP contribution >= 0.6 is 0 Å². The molecule has 0 aliphatic heterocycles. The average molecular weight is 815 g/mol. The maximum Gasteiger partial charge on any atom is 0.296 e. The summed E-state index contributed by atoms with van der Waals surface area (Å²) in [5.74, 6) is -0.185. The van der Waals surface area contributed by atoms with Crippen molar-refractivity contribution in [2.45, 2.75) is 15.8 Å². The van der Waals surface area contributed by atoms with E-state index >= 15 is 0 Å². The number of aliphatic hydroxyl groups is 4. The van der Waals surface area contributed by atoms with Gasteiger partial charge in [-0.05, 0) is 48.5 Å². The number of nitrogens with zero attached hydrogens (tertiary/aromatic N) is 7. The SMILES string of the molecule is O=S(=O)(O)c1cccc(Nc2nc(Nc3cccc(Nc4nc(Nc5ccccc5S(=O)(=O)O)nc(C(CO)NCCO)n4)c3)nc(N(CCO)CCO)n2)c1. The second kappa shape index (κ2) is 18.8. The Bertz CT molecular complexity index is 2340. The van der Waals surface area contributed by atoms with E-state index in [0.29, 0.717) is 11.4 Å². The van der Waals surface area contributed by atoms with Gasteiger partial charge in [-0.3, -0.25) is 9.11 Å². The van der Waals surface area contributed by atoms with Gasteiger partial charge in [0.25, 0.3) is 20.2 Å². The molecule has 0 radical (unpaired) electrons. The van der Waals surface area contributed by atoms with E-state index in [1.54, 1.807) is 24.3 Å². The molecule has 24 heteroatoms. The molecule has 0 saturated carbocycles.